The van der Waals surface area contributed by atoms with E-state index in [2.05, 4.69) is 5.10 Å². The molecular weight excluding hydrogens is 354 g/mol. The molecule has 0 unspecified atom stereocenters. The van der Waals surface area contributed by atoms with E-state index in [4.69, 9.17) is 22.7 Å². The van der Waals surface area contributed by atoms with Crippen LogP contribution in [0.2, 0.25) is 0 Å². The summed E-state index contributed by atoms with van der Waals surface area (Å²) in [4.78, 5) is 26.0. The van der Waals surface area contributed by atoms with Crippen molar-refractivity contribution in [3.8, 4) is 0 Å². The molecule has 1 aromatic heterocycles. The number of piperidine rings is 1. The maximum absolute atomic E-state index is 12.7. The van der Waals surface area contributed by atoms with Crippen LogP contribution in [-0.4, -0.2) is 51.7 Å². The number of nitrogens with two attached hydrogens (primary N) is 1. The summed E-state index contributed by atoms with van der Waals surface area (Å²) in [7, 11) is 1.26. The number of rotatable bonds is 5. The standard InChI is InChI=1S/C15H20F2N4O3S/c1-9-7-10(12(16)17)19-21(9)8-11(22)20-5-3-15(4-6-20,13(18)25)14(23)24-2/h7,12H,3-6,8H2,1-2H3,(H2,18,25). The SMILES string of the molecule is COC(=O)C1(C(N)=S)CCN(C(=O)Cn2nc(C(F)F)cc2C)CC1. The lowest BCUT2D eigenvalue weighted by Gasteiger charge is -2.38. The topological polar surface area (TPSA) is 90.5 Å². The smallest absolute Gasteiger partial charge is 0.318 e. The molecule has 2 N–H and O–H groups in total. The largest absolute Gasteiger partial charge is 0.468 e. The molecule has 0 radical (unpaired) electrons. The second-order valence-electron chi connectivity index (χ2n) is 5.99. The van der Waals surface area contributed by atoms with Crippen LogP contribution in [0, 0.1) is 12.3 Å². The van der Waals surface area contributed by atoms with Crippen molar-refractivity contribution in [2.45, 2.75) is 32.7 Å². The van der Waals surface area contributed by atoms with E-state index in [0.717, 1.165) is 0 Å². The van der Waals surface area contributed by atoms with Gasteiger partial charge >= 0.3 is 5.97 Å². The summed E-state index contributed by atoms with van der Waals surface area (Å²) in [6.45, 7) is 2.01. The number of aromatic nitrogens is 2. The van der Waals surface area contributed by atoms with Crippen LogP contribution in [0.25, 0.3) is 0 Å². The fourth-order valence-electron chi connectivity index (χ4n) is 2.91. The van der Waals surface area contributed by atoms with Gasteiger partial charge in [0.25, 0.3) is 6.43 Å². The first-order valence-electron chi connectivity index (χ1n) is 7.70. The van der Waals surface area contributed by atoms with E-state index in [1.165, 1.54) is 17.9 Å². The van der Waals surface area contributed by atoms with E-state index < -0.39 is 17.8 Å². The molecule has 0 atom stereocenters. The lowest BCUT2D eigenvalue weighted by atomic mass is 9.78. The van der Waals surface area contributed by atoms with Crippen molar-refractivity contribution in [3.63, 3.8) is 0 Å². The van der Waals surface area contributed by atoms with Crippen LogP contribution < -0.4 is 5.73 Å². The molecule has 0 aromatic carbocycles. The molecule has 0 spiro atoms. The van der Waals surface area contributed by atoms with Gasteiger partial charge in [0, 0.05) is 18.8 Å². The number of esters is 1. The average Bonchev–Trinajstić information content (AvgIpc) is 2.95. The molecule has 1 amide bonds. The fourth-order valence-corrected chi connectivity index (χ4v) is 3.20. The van der Waals surface area contributed by atoms with Gasteiger partial charge in [0.1, 0.15) is 17.7 Å². The number of hydrogen-bond donors (Lipinski definition) is 1. The van der Waals surface area contributed by atoms with Crippen LogP contribution in [0.3, 0.4) is 0 Å². The number of halogens is 2. The third-order valence-electron chi connectivity index (χ3n) is 4.53. The summed E-state index contributed by atoms with van der Waals surface area (Å²) in [6, 6.07) is 1.25. The summed E-state index contributed by atoms with van der Waals surface area (Å²) in [5.41, 5.74) is 4.77. The lowest BCUT2D eigenvalue weighted by molar-refractivity contribution is -0.152. The molecule has 1 saturated heterocycles. The first-order valence-corrected chi connectivity index (χ1v) is 8.10. The zero-order valence-corrected chi connectivity index (χ0v) is 14.8. The van der Waals surface area contributed by atoms with Gasteiger partial charge in [-0.1, -0.05) is 12.2 Å². The second kappa shape index (κ2) is 7.42. The Labute approximate surface area is 149 Å². The Morgan fingerprint density at radius 1 is 1.44 bits per heavy atom. The van der Waals surface area contributed by atoms with Crippen LogP contribution in [-0.2, 0) is 20.9 Å². The Bertz CT molecular complexity index is 684. The van der Waals surface area contributed by atoms with Gasteiger partial charge < -0.3 is 15.4 Å². The predicted molar refractivity (Wildman–Crippen MR) is 89.0 cm³/mol. The Hall–Kier alpha value is -2.10. The molecule has 1 aromatic rings. The highest BCUT2D eigenvalue weighted by Gasteiger charge is 2.46. The second-order valence-corrected chi connectivity index (χ2v) is 6.43. The number of carbonyl (C=O) groups excluding carboxylic acids is 2. The quantitative estimate of drug-likeness (QED) is 0.615. The first kappa shape index (κ1) is 19.2. The van der Waals surface area contributed by atoms with E-state index in [9.17, 15) is 18.4 Å². The molecule has 25 heavy (non-hydrogen) atoms. The Kier molecular flexibility index (Phi) is 5.71. The van der Waals surface area contributed by atoms with Crippen molar-refractivity contribution >= 4 is 29.1 Å². The van der Waals surface area contributed by atoms with E-state index >= 15 is 0 Å². The molecule has 2 heterocycles. The monoisotopic (exact) mass is 374 g/mol. The first-order chi connectivity index (χ1) is 11.7. The van der Waals surface area contributed by atoms with Crippen molar-refractivity contribution in [3.05, 3.63) is 17.5 Å². The number of amides is 1. The van der Waals surface area contributed by atoms with Crippen molar-refractivity contribution in [2.75, 3.05) is 20.2 Å². The molecule has 10 heteroatoms. The van der Waals surface area contributed by atoms with E-state index in [1.54, 1.807) is 11.8 Å². The van der Waals surface area contributed by atoms with Gasteiger partial charge in [-0.05, 0) is 25.8 Å². The van der Waals surface area contributed by atoms with Crippen LogP contribution in [0.4, 0.5) is 8.78 Å². The van der Waals surface area contributed by atoms with E-state index in [-0.39, 0.29) is 49.1 Å². The van der Waals surface area contributed by atoms with Gasteiger partial charge in [0.05, 0.1) is 12.1 Å². The Morgan fingerprint density at radius 3 is 2.48 bits per heavy atom. The molecular formula is C15H20F2N4O3S. The van der Waals surface area contributed by atoms with Crippen molar-refractivity contribution < 1.29 is 23.1 Å². The van der Waals surface area contributed by atoms with Crippen molar-refractivity contribution in [2.24, 2.45) is 11.1 Å². The molecule has 0 aliphatic carbocycles. The molecule has 2 rings (SSSR count). The molecule has 1 aliphatic heterocycles. The minimum atomic E-state index is -2.68. The van der Waals surface area contributed by atoms with Crippen LogP contribution in [0.15, 0.2) is 6.07 Å². The number of hydrogen-bond acceptors (Lipinski definition) is 5. The average molecular weight is 374 g/mol. The van der Waals surface area contributed by atoms with Gasteiger partial charge in [0.15, 0.2) is 0 Å². The minimum Gasteiger partial charge on any atom is -0.468 e. The Balaban J connectivity index is 2.04. The van der Waals surface area contributed by atoms with Crippen LogP contribution in [0.5, 0.6) is 0 Å². The number of aryl methyl sites for hydroxylation is 1. The third kappa shape index (κ3) is 3.78. The maximum atomic E-state index is 12.7. The molecule has 7 nitrogen and oxygen atoms in total. The minimum absolute atomic E-state index is 0.0518. The van der Waals surface area contributed by atoms with Gasteiger partial charge in [-0.2, -0.15) is 5.10 Å². The van der Waals surface area contributed by atoms with E-state index in [0.29, 0.717) is 5.69 Å². The highest BCUT2D eigenvalue weighted by molar-refractivity contribution is 7.80. The molecule has 138 valence electrons. The van der Waals surface area contributed by atoms with Gasteiger partial charge in [0.2, 0.25) is 5.91 Å². The zero-order valence-electron chi connectivity index (χ0n) is 14.0. The number of nitrogens with zero attached hydrogens (tertiary/aromatic N) is 3. The number of carbonyl (C=O) groups is 2. The van der Waals surface area contributed by atoms with Crippen LogP contribution in [0.1, 0.15) is 30.7 Å². The lowest BCUT2D eigenvalue weighted by Crippen LogP contribution is -2.53. The summed E-state index contributed by atoms with van der Waals surface area (Å²) < 4.78 is 31.4. The van der Waals surface area contributed by atoms with Gasteiger partial charge in [-0.25, -0.2) is 8.78 Å². The number of likely N-dealkylation sites (tertiary alicyclic amines) is 1. The highest BCUT2D eigenvalue weighted by Crippen LogP contribution is 2.33. The molecule has 1 aliphatic rings. The van der Waals surface area contributed by atoms with Gasteiger partial charge in [-0.3, -0.25) is 14.3 Å². The molecule has 1 fully saturated rings. The molecule has 0 bridgehead atoms. The van der Waals surface area contributed by atoms with Crippen molar-refractivity contribution in [1.82, 2.24) is 14.7 Å². The zero-order chi connectivity index (χ0) is 18.8. The summed E-state index contributed by atoms with van der Waals surface area (Å²) in [5, 5.41) is 3.75. The number of methoxy groups -OCH3 is 1. The van der Waals surface area contributed by atoms with Crippen molar-refractivity contribution in [1.29, 1.82) is 0 Å². The summed E-state index contributed by atoms with van der Waals surface area (Å²) in [5.74, 6) is -0.773. The van der Waals surface area contributed by atoms with Gasteiger partial charge in [-0.15, -0.1) is 0 Å². The maximum Gasteiger partial charge on any atom is 0.318 e. The fraction of sp³-hybridized carbons (Fsp3) is 0.600. The number of alkyl halides is 2. The Morgan fingerprint density at radius 2 is 2.04 bits per heavy atom. The molecule has 0 saturated carbocycles. The predicted octanol–water partition coefficient (Wildman–Crippen LogP) is 1.20. The number of thiocarbonyl (C=S) groups is 1. The normalized spacial score (nSPS) is 16.8. The van der Waals surface area contributed by atoms with Crippen LogP contribution >= 0.6 is 12.2 Å². The number of ether oxygens (including phenoxy) is 1. The summed E-state index contributed by atoms with van der Waals surface area (Å²) >= 11 is 5.01. The third-order valence-corrected chi connectivity index (χ3v) is 4.92. The summed E-state index contributed by atoms with van der Waals surface area (Å²) in [6.07, 6.45) is -2.15. The highest BCUT2D eigenvalue weighted by atomic mass is 32.1. The van der Waals surface area contributed by atoms with E-state index in [1.807, 2.05) is 0 Å².